The Labute approximate surface area is 126 Å². The standard InChI is InChI=1S/C12H14N4O3S2/c1-9(17)13-11-14-15-12(20-11)21(18,19)16(2)8-10-6-4-3-5-7-10/h3-7H,8H2,1-2H3,(H,13,14,17). The topological polar surface area (TPSA) is 92.3 Å². The molecule has 0 aliphatic carbocycles. The summed E-state index contributed by atoms with van der Waals surface area (Å²) in [6.45, 7) is 1.55. The highest BCUT2D eigenvalue weighted by molar-refractivity contribution is 7.91. The molecule has 1 amide bonds. The van der Waals surface area contributed by atoms with Gasteiger partial charge in [0, 0.05) is 20.5 Å². The smallest absolute Gasteiger partial charge is 0.272 e. The van der Waals surface area contributed by atoms with E-state index in [1.54, 1.807) is 0 Å². The number of aromatic nitrogens is 2. The number of carbonyl (C=O) groups excluding carboxylic acids is 1. The molecule has 21 heavy (non-hydrogen) atoms. The Balaban J connectivity index is 2.17. The lowest BCUT2D eigenvalue weighted by molar-refractivity contribution is -0.114. The number of nitrogens with zero attached hydrogens (tertiary/aromatic N) is 3. The van der Waals surface area contributed by atoms with Gasteiger partial charge in [-0.05, 0) is 5.56 Å². The number of carbonyl (C=O) groups is 1. The van der Waals surface area contributed by atoms with Gasteiger partial charge in [-0.2, -0.15) is 4.31 Å². The number of nitrogens with one attached hydrogen (secondary N) is 1. The summed E-state index contributed by atoms with van der Waals surface area (Å²) in [5.74, 6) is -0.326. The second-order valence-corrected chi connectivity index (χ2v) is 7.50. The van der Waals surface area contributed by atoms with E-state index in [1.165, 1.54) is 18.3 Å². The van der Waals surface area contributed by atoms with Crippen LogP contribution in [0.5, 0.6) is 0 Å². The number of sulfonamides is 1. The maximum atomic E-state index is 12.4. The summed E-state index contributed by atoms with van der Waals surface area (Å²) >= 11 is 0.823. The highest BCUT2D eigenvalue weighted by atomic mass is 32.2. The van der Waals surface area contributed by atoms with E-state index in [0.717, 1.165) is 16.9 Å². The molecule has 9 heteroatoms. The quantitative estimate of drug-likeness (QED) is 0.837. The van der Waals surface area contributed by atoms with Gasteiger partial charge in [-0.15, -0.1) is 10.2 Å². The summed E-state index contributed by atoms with van der Waals surface area (Å²) in [7, 11) is -2.25. The minimum Gasteiger partial charge on any atom is -0.301 e. The van der Waals surface area contributed by atoms with Crippen LogP contribution in [0.25, 0.3) is 0 Å². The highest BCUT2D eigenvalue weighted by Crippen LogP contribution is 2.23. The van der Waals surface area contributed by atoms with E-state index in [9.17, 15) is 13.2 Å². The van der Waals surface area contributed by atoms with Gasteiger partial charge in [-0.1, -0.05) is 41.7 Å². The average molecular weight is 326 g/mol. The molecule has 1 aromatic carbocycles. The third-order valence-electron chi connectivity index (χ3n) is 2.57. The van der Waals surface area contributed by atoms with Crippen molar-refractivity contribution in [1.29, 1.82) is 0 Å². The van der Waals surface area contributed by atoms with Crippen LogP contribution in [-0.2, 0) is 21.4 Å². The number of anilines is 1. The normalized spacial score (nSPS) is 11.6. The lowest BCUT2D eigenvalue weighted by Crippen LogP contribution is -2.26. The van der Waals surface area contributed by atoms with Gasteiger partial charge >= 0.3 is 0 Å². The SMILES string of the molecule is CC(=O)Nc1nnc(S(=O)(=O)N(C)Cc2ccccc2)s1. The van der Waals surface area contributed by atoms with Crippen molar-refractivity contribution in [3.63, 3.8) is 0 Å². The minimum absolute atomic E-state index is 0.148. The van der Waals surface area contributed by atoms with E-state index in [2.05, 4.69) is 15.5 Å². The number of hydrogen-bond acceptors (Lipinski definition) is 6. The first-order chi connectivity index (χ1) is 9.89. The summed E-state index contributed by atoms with van der Waals surface area (Å²) in [4.78, 5) is 10.9. The van der Waals surface area contributed by atoms with Gasteiger partial charge in [-0.25, -0.2) is 8.42 Å². The van der Waals surface area contributed by atoms with Crippen molar-refractivity contribution in [3.05, 3.63) is 35.9 Å². The zero-order valence-electron chi connectivity index (χ0n) is 11.5. The monoisotopic (exact) mass is 326 g/mol. The summed E-state index contributed by atoms with van der Waals surface area (Å²) in [5.41, 5.74) is 0.871. The van der Waals surface area contributed by atoms with Crippen molar-refractivity contribution in [1.82, 2.24) is 14.5 Å². The van der Waals surface area contributed by atoms with Crippen LogP contribution in [0.4, 0.5) is 5.13 Å². The van der Waals surface area contributed by atoms with Crippen molar-refractivity contribution >= 4 is 32.4 Å². The van der Waals surface area contributed by atoms with Crippen LogP contribution in [0.15, 0.2) is 34.7 Å². The van der Waals surface area contributed by atoms with Gasteiger partial charge < -0.3 is 5.32 Å². The van der Waals surface area contributed by atoms with Crippen LogP contribution in [0.3, 0.4) is 0 Å². The fourth-order valence-electron chi connectivity index (χ4n) is 1.57. The van der Waals surface area contributed by atoms with Gasteiger partial charge in [-0.3, -0.25) is 4.79 Å². The molecular formula is C12H14N4O3S2. The molecule has 0 radical (unpaired) electrons. The molecule has 0 aliphatic rings. The lowest BCUT2D eigenvalue weighted by Gasteiger charge is -2.14. The first-order valence-electron chi connectivity index (χ1n) is 6.01. The molecule has 0 spiro atoms. The minimum atomic E-state index is -3.73. The number of hydrogen-bond donors (Lipinski definition) is 1. The Hall–Kier alpha value is -1.84. The van der Waals surface area contributed by atoms with Gasteiger partial charge in [0.05, 0.1) is 0 Å². The molecule has 0 unspecified atom stereocenters. The van der Waals surface area contributed by atoms with Gasteiger partial charge in [0.15, 0.2) is 0 Å². The molecule has 0 fully saturated rings. The van der Waals surface area contributed by atoms with Crippen molar-refractivity contribution in [2.45, 2.75) is 17.8 Å². The number of rotatable bonds is 5. The summed E-state index contributed by atoms with van der Waals surface area (Å²) in [5, 5.41) is 9.84. The molecule has 1 heterocycles. The molecule has 0 aliphatic heterocycles. The Morgan fingerprint density at radius 1 is 1.29 bits per heavy atom. The molecule has 1 aromatic heterocycles. The molecule has 2 rings (SSSR count). The second kappa shape index (κ2) is 6.29. The van der Waals surface area contributed by atoms with Crippen LogP contribution < -0.4 is 5.32 Å². The number of amides is 1. The van der Waals surface area contributed by atoms with E-state index in [1.807, 2.05) is 30.3 Å². The van der Waals surface area contributed by atoms with Crippen LogP contribution in [-0.4, -0.2) is 35.9 Å². The zero-order valence-corrected chi connectivity index (χ0v) is 13.1. The molecule has 112 valence electrons. The van der Waals surface area contributed by atoms with Crippen molar-refractivity contribution in [2.24, 2.45) is 0 Å². The van der Waals surface area contributed by atoms with Crippen molar-refractivity contribution in [3.8, 4) is 0 Å². The third-order valence-corrected chi connectivity index (χ3v) is 5.56. The zero-order chi connectivity index (χ0) is 15.5. The summed E-state index contributed by atoms with van der Waals surface area (Å²) in [6.07, 6.45) is 0. The van der Waals surface area contributed by atoms with Crippen LogP contribution in [0.1, 0.15) is 12.5 Å². The highest BCUT2D eigenvalue weighted by Gasteiger charge is 2.25. The molecular weight excluding hydrogens is 312 g/mol. The molecule has 2 aromatic rings. The first-order valence-corrected chi connectivity index (χ1v) is 8.26. The molecule has 0 atom stereocenters. The van der Waals surface area contributed by atoms with E-state index in [-0.39, 0.29) is 21.9 Å². The predicted octanol–water partition coefficient (Wildman–Crippen LogP) is 1.32. The summed E-state index contributed by atoms with van der Waals surface area (Å²) < 4.78 is 25.8. The van der Waals surface area contributed by atoms with Crippen LogP contribution in [0, 0.1) is 0 Å². The maximum Gasteiger partial charge on any atom is 0.272 e. The molecule has 0 saturated heterocycles. The average Bonchev–Trinajstić information content (AvgIpc) is 2.88. The van der Waals surface area contributed by atoms with Crippen molar-refractivity contribution < 1.29 is 13.2 Å². The second-order valence-electron chi connectivity index (χ2n) is 4.30. The van der Waals surface area contributed by atoms with E-state index in [0.29, 0.717) is 0 Å². The molecule has 1 N–H and O–H groups in total. The molecule has 7 nitrogen and oxygen atoms in total. The fraction of sp³-hybridized carbons (Fsp3) is 0.250. The number of benzene rings is 1. The Kier molecular flexibility index (Phi) is 4.66. The van der Waals surface area contributed by atoms with Crippen LogP contribution >= 0.6 is 11.3 Å². The van der Waals surface area contributed by atoms with Gasteiger partial charge in [0.2, 0.25) is 15.4 Å². The Bertz CT molecular complexity index is 728. The van der Waals surface area contributed by atoms with Gasteiger partial charge in [0.1, 0.15) is 0 Å². The third kappa shape index (κ3) is 3.84. The Morgan fingerprint density at radius 3 is 2.57 bits per heavy atom. The molecule has 0 bridgehead atoms. The maximum absolute atomic E-state index is 12.4. The summed E-state index contributed by atoms with van der Waals surface area (Å²) in [6, 6.07) is 9.23. The Morgan fingerprint density at radius 2 is 1.95 bits per heavy atom. The molecule has 0 saturated carbocycles. The fourth-order valence-corrected chi connectivity index (χ4v) is 3.87. The van der Waals surface area contributed by atoms with E-state index >= 15 is 0 Å². The van der Waals surface area contributed by atoms with E-state index < -0.39 is 10.0 Å². The van der Waals surface area contributed by atoms with E-state index in [4.69, 9.17) is 0 Å². The predicted molar refractivity (Wildman–Crippen MR) is 79.3 cm³/mol. The lowest BCUT2D eigenvalue weighted by atomic mass is 10.2. The largest absolute Gasteiger partial charge is 0.301 e. The van der Waals surface area contributed by atoms with Gasteiger partial charge in [0.25, 0.3) is 10.0 Å². The first kappa shape index (κ1) is 15.5. The van der Waals surface area contributed by atoms with Crippen LogP contribution in [0.2, 0.25) is 0 Å². The van der Waals surface area contributed by atoms with Crippen molar-refractivity contribution in [2.75, 3.05) is 12.4 Å².